The highest BCUT2D eigenvalue weighted by Crippen LogP contribution is 2.14. The van der Waals surface area contributed by atoms with Crippen molar-refractivity contribution in [3.8, 4) is 6.07 Å². The van der Waals surface area contributed by atoms with Gasteiger partial charge in [-0.05, 0) is 43.5 Å². The lowest BCUT2D eigenvalue weighted by atomic mass is 10.1. The van der Waals surface area contributed by atoms with E-state index in [0.717, 1.165) is 24.1 Å². The molecule has 0 saturated carbocycles. The van der Waals surface area contributed by atoms with Gasteiger partial charge >= 0.3 is 0 Å². The predicted octanol–water partition coefficient (Wildman–Crippen LogP) is 3.04. The first-order chi connectivity index (χ1) is 9.58. The second-order valence-electron chi connectivity index (χ2n) is 4.72. The zero-order valence-corrected chi connectivity index (χ0v) is 12.3. The van der Waals surface area contributed by atoms with E-state index in [0.29, 0.717) is 6.54 Å². The Hall–Kier alpha value is -2.28. The molecule has 0 unspecified atom stereocenters. The monoisotopic (exact) mass is 271 g/mol. The van der Waals surface area contributed by atoms with Crippen molar-refractivity contribution in [3.63, 3.8) is 0 Å². The average molecular weight is 271 g/mol. The first-order valence-electron chi connectivity index (χ1n) is 6.80. The highest BCUT2D eigenvalue weighted by molar-refractivity contribution is 5.97. The third-order valence-electron chi connectivity index (χ3n) is 3.07. The summed E-state index contributed by atoms with van der Waals surface area (Å²) >= 11 is 0. The molecule has 0 spiro atoms. The molecule has 1 aromatic rings. The van der Waals surface area contributed by atoms with E-state index in [1.54, 1.807) is 0 Å². The maximum absolute atomic E-state index is 11.7. The second kappa shape index (κ2) is 8.00. The van der Waals surface area contributed by atoms with Crippen molar-refractivity contribution in [2.45, 2.75) is 33.6 Å². The van der Waals surface area contributed by atoms with Crippen LogP contribution in [-0.2, 0) is 4.79 Å². The highest BCUT2D eigenvalue weighted by Gasteiger charge is 2.07. The van der Waals surface area contributed by atoms with E-state index in [1.165, 1.54) is 11.8 Å². The minimum Gasteiger partial charge on any atom is -0.360 e. The molecular formula is C16H21N3O. The minimum atomic E-state index is -0.336. The molecular weight excluding hydrogens is 250 g/mol. The van der Waals surface area contributed by atoms with Gasteiger partial charge in [0, 0.05) is 18.4 Å². The minimum absolute atomic E-state index is 0.0827. The van der Waals surface area contributed by atoms with Crippen LogP contribution in [0, 0.1) is 25.2 Å². The van der Waals surface area contributed by atoms with Crippen molar-refractivity contribution in [1.82, 2.24) is 5.32 Å². The molecule has 0 aliphatic carbocycles. The molecule has 1 amide bonds. The van der Waals surface area contributed by atoms with Crippen LogP contribution in [0.1, 0.15) is 30.9 Å². The van der Waals surface area contributed by atoms with E-state index in [-0.39, 0.29) is 11.5 Å². The van der Waals surface area contributed by atoms with E-state index in [2.05, 4.69) is 17.6 Å². The van der Waals surface area contributed by atoms with Crippen LogP contribution < -0.4 is 10.6 Å². The summed E-state index contributed by atoms with van der Waals surface area (Å²) in [6.07, 6.45) is 3.37. The quantitative estimate of drug-likeness (QED) is 0.475. The van der Waals surface area contributed by atoms with Gasteiger partial charge in [0.15, 0.2) is 0 Å². The Morgan fingerprint density at radius 1 is 1.35 bits per heavy atom. The van der Waals surface area contributed by atoms with Crippen molar-refractivity contribution in [2.24, 2.45) is 0 Å². The van der Waals surface area contributed by atoms with Gasteiger partial charge in [-0.3, -0.25) is 4.79 Å². The zero-order chi connectivity index (χ0) is 15.0. The predicted molar refractivity (Wildman–Crippen MR) is 81.2 cm³/mol. The summed E-state index contributed by atoms with van der Waals surface area (Å²) in [5.74, 6) is -0.336. The van der Waals surface area contributed by atoms with E-state index >= 15 is 0 Å². The molecule has 0 aliphatic rings. The van der Waals surface area contributed by atoms with Gasteiger partial charge < -0.3 is 10.6 Å². The van der Waals surface area contributed by atoms with Crippen molar-refractivity contribution in [3.05, 3.63) is 41.1 Å². The number of nitriles is 1. The summed E-state index contributed by atoms with van der Waals surface area (Å²) < 4.78 is 0. The molecule has 4 heteroatoms. The maximum Gasteiger partial charge on any atom is 0.263 e. The lowest BCUT2D eigenvalue weighted by molar-refractivity contribution is -0.117. The summed E-state index contributed by atoms with van der Waals surface area (Å²) in [7, 11) is 0. The van der Waals surface area contributed by atoms with Gasteiger partial charge in [0.1, 0.15) is 11.6 Å². The number of hydrogen-bond donors (Lipinski definition) is 2. The summed E-state index contributed by atoms with van der Waals surface area (Å²) in [6.45, 7) is 6.70. The fourth-order valence-corrected chi connectivity index (χ4v) is 1.61. The highest BCUT2D eigenvalue weighted by atomic mass is 16.1. The first-order valence-corrected chi connectivity index (χ1v) is 6.80. The number of unbranched alkanes of at least 4 members (excludes halogenated alkanes) is 1. The largest absolute Gasteiger partial charge is 0.360 e. The Labute approximate surface area is 120 Å². The Morgan fingerprint density at radius 2 is 2.10 bits per heavy atom. The third kappa shape index (κ3) is 4.77. The number of carbonyl (C=O) groups excluding carboxylic acids is 1. The number of hydrogen-bond acceptors (Lipinski definition) is 3. The lowest BCUT2D eigenvalue weighted by Gasteiger charge is -2.06. The van der Waals surface area contributed by atoms with Gasteiger partial charge in [0.2, 0.25) is 0 Å². The number of nitrogens with zero attached hydrogens (tertiary/aromatic N) is 1. The third-order valence-corrected chi connectivity index (χ3v) is 3.07. The number of carbonyl (C=O) groups is 1. The molecule has 20 heavy (non-hydrogen) atoms. The Bertz CT molecular complexity index is 541. The summed E-state index contributed by atoms with van der Waals surface area (Å²) in [5, 5.41) is 14.7. The van der Waals surface area contributed by atoms with Gasteiger partial charge in [-0.25, -0.2) is 0 Å². The van der Waals surface area contributed by atoms with Crippen molar-refractivity contribution in [2.75, 3.05) is 11.9 Å². The number of amides is 1. The number of rotatable bonds is 6. The standard InChI is InChI=1S/C16H21N3O/c1-4-5-8-18-16(20)14(10-17)11-19-15-7-6-12(2)13(3)9-15/h6-7,9,11,19H,4-5,8H2,1-3H3,(H,18,20)/b14-11-. The van der Waals surface area contributed by atoms with Crippen molar-refractivity contribution in [1.29, 1.82) is 5.26 Å². The molecule has 0 atom stereocenters. The van der Waals surface area contributed by atoms with Crippen LogP contribution >= 0.6 is 0 Å². The van der Waals surface area contributed by atoms with E-state index < -0.39 is 0 Å². The van der Waals surface area contributed by atoms with Gasteiger partial charge in [0.05, 0.1) is 0 Å². The van der Waals surface area contributed by atoms with Gasteiger partial charge in [-0.15, -0.1) is 0 Å². The molecule has 0 bridgehead atoms. The number of aryl methyl sites for hydroxylation is 2. The Kier molecular flexibility index (Phi) is 6.31. The average Bonchev–Trinajstić information content (AvgIpc) is 2.43. The molecule has 0 radical (unpaired) electrons. The molecule has 0 saturated heterocycles. The molecule has 2 N–H and O–H groups in total. The van der Waals surface area contributed by atoms with Crippen LogP contribution in [0.5, 0.6) is 0 Å². The van der Waals surface area contributed by atoms with Crippen LogP contribution in [0.4, 0.5) is 5.69 Å². The molecule has 0 aromatic heterocycles. The SMILES string of the molecule is CCCCNC(=O)/C(C#N)=C\Nc1ccc(C)c(C)c1. The number of benzene rings is 1. The maximum atomic E-state index is 11.7. The van der Waals surface area contributed by atoms with E-state index in [9.17, 15) is 4.79 Å². The van der Waals surface area contributed by atoms with E-state index in [4.69, 9.17) is 5.26 Å². The molecule has 0 heterocycles. The summed E-state index contributed by atoms with van der Waals surface area (Å²) in [6, 6.07) is 7.81. The Morgan fingerprint density at radius 3 is 2.70 bits per heavy atom. The number of nitrogens with one attached hydrogen (secondary N) is 2. The van der Waals surface area contributed by atoms with Gasteiger partial charge in [-0.2, -0.15) is 5.26 Å². The number of anilines is 1. The molecule has 1 rings (SSSR count). The summed E-state index contributed by atoms with van der Waals surface area (Å²) in [5.41, 5.74) is 3.31. The molecule has 0 aliphatic heterocycles. The van der Waals surface area contributed by atoms with E-state index in [1.807, 2.05) is 38.1 Å². The fraction of sp³-hybridized carbons (Fsp3) is 0.375. The zero-order valence-electron chi connectivity index (χ0n) is 12.3. The second-order valence-corrected chi connectivity index (χ2v) is 4.72. The normalized spacial score (nSPS) is 10.8. The van der Waals surface area contributed by atoms with Crippen LogP contribution in [0.3, 0.4) is 0 Å². The molecule has 4 nitrogen and oxygen atoms in total. The summed E-state index contributed by atoms with van der Waals surface area (Å²) in [4.78, 5) is 11.7. The molecule has 1 aromatic carbocycles. The molecule has 0 fully saturated rings. The smallest absolute Gasteiger partial charge is 0.263 e. The lowest BCUT2D eigenvalue weighted by Crippen LogP contribution is -2.25. The van der Waals surface area contributed by atoms with Crippen LogP contribution in [0.2, 0.25) is 0 Å². The van der Waals surface area contributed by atoms with Gasteiger partial charge in [-0.1, -0.05) is 19.4 Å². The van der Waals surface area contributed by atoms with Crippen molar-refractivity contribution >= 4 is 11.6 Å². The van der Waals surface area contributed by atoms with Crippen LogP contribution in [0.25, 0.3) is 0 Å². The van der Waals surface area contributed by atoms with Crippen LogP contribution in [-0.4, -0.2) is 12.5 Å². The topological polar surface area (TPSA) is 64.9 Å². The molecule has 106 valence electrons. The van der Waals surface area contributed by atoms with Crippen molar-refractivity contribution < 1.29 is 4.79 Å². The first kappa shape index (κ1) is 15.8. The fourth-order valence-electron chi connectivity index (χ4n) is 1.61. The van der Waals surface area contributed by atoms with Gasteiger partial charge in [0.25, 0.3) is 5.91 Å². The Balaban J connectivity index is 2.67. The van der Waals surface area contributed by atoms with Crippen LogP contribution in [0.15, 0.2) is 30.0 Å².